The zero-order valence-corrected chi connectivity index (χ0v) is 4.54. The Kier molecular flexibility index (Phi) is 1.27. The Labute approximate surface area is 47.6 Å². The number of hydrogen-bond donors (Lipinski definition) is 3. The van der Waals surface area contributed by atoms with E-state index in [4.69, 9.17) is 15.3 Å². The van der Waals surface area contributed by atoms with Crippen molar-refractivity contribution in [1.29, 1.82) is 0 Å². The highest BCUT2D eigenvalue weighted by molar-refractivity contribution is 5.03. The molecular formula is C5H10O3. The lowest BCUT2D eigenvalue weighted by atomic mass is 10.2. The molecule has 0 aliphatic heterocycles. The van der Waals surface area contributed by atoms with Gasteiger partial charge in [-0.2, -0.15) is 0 Å². The molecule has 0 saturated heterocycles. The van der Waals surface area contributed by atoms with E-state index in [1.54, 1.807) is 0 Å². The Morgan fingerprint density at radius 1 is 1.62 bits per heavy atom. The van der Waals surface area contributed by atoms with Gasteiger partial charge in [0.2, 0.25) is 0 Å². The van der Waals surface area contributed by atoms with Crippen molar-refractivity contribution in [3.63, 3.8) is 0 Å². The molecule has 0 bridgehead atoms. The van der Waals surface area contributed by atoms with Crippen molar-refractivity contribution in [2.24, 2.45) is 0 Å². The molecule has 3 N–H and O–H groups in total. The second-order valence-electron chi connectivity index (χ2n) is 2.30. The summed E-state index contributed by atoms with van der Waals surface area (Å²) in [5, 5.41) is 25.9. The van der Waals surface area contributed by atoms with Crippen LogP contribution in [-0.4, -0.2) is 33.6 Å². The molecule has 1 fully saturated rings. The smallest absolute Gasteiger partial charge is 0.0954 e. The third-order valence-corrected chi connectivity index (χ3v) is 1.55. The molecule has 0 aromatic rings. The van der Waals surface area contributed by atoms with E-state index >= 15 is 0 Å². The molecule has 1 aliphatic rings. The van der Waals surface area contributed by atoms with Crippen molar-refractivity contribution in [3.05, 3.63) is 0 Å². The maximum atomic E-state index is 8.99. The molecule has 0 unspecified atom stereocenters. The largest absolute Gasteiger partial charge is 0.396 e. The van der Waals surface area contributed by atoms with Crippen LogP contribution in [0.4, 0.5) is 0 Å². The van der Waals surface area contributed by atoms with E-state index in [9.17, 15) is 0 Å². The summed E-state index contributed by atoms with van der Waals surface area (Å²) >= 11 is 0. The highest BCUT2D eigenvalue weighted by Crippen LogP contribution is 2.38. The molecule has 1 aliphatic carbocycles. The molecule has 8 heavy (non-hydrogen) atoms. The standard InChI is InChI=1S/C5H10O3/c6-2-1-5(8)3-4(5)7/h4,6-8H,1-3H2/t4-,5+/m1/s1. The van der Waals surface area contributed by atoms with Gasteiger partial charge in [0.25, 0.3) is 0 Å². The first kappa shape index (κ1) is 6.01. The van der Waals surface area contributed by atoms with Gasteiger partial charge in [-0.05, 0) is 0 Å². The summed E-state index contributed by atoms with van der Waals surface area (Å²) in [6.45, 7) is -0.0481. The van der Waals surface area contributed by atoms with Crippen LogP contribution in [0, 0.1) is 0 Å². The number of rotatable bonds is 2. The zero-order chi connectivity index (χ0) is 6.20. The molecule has 2 atom stereocenters. The van der Waals surface area contributed by atoms with Crippen LogP contribution >= 0.6 is 0 Å². The van der Waals surface area contributed by atoms with Crippen molar-refractivity contribution in [3.8, 4) is 0 Å². The van der Waals surface area contributed by atoms with E-state index in [0.717, 1.165) is 0 Å². The molecule has 0 radical (unpaired) electrons. The van der Waals surface area contributed by atoms with E-state index in [-0.39, 0.29) is 6.61 Å². The average molecular weight is 118 g/mol. The van der Waals surface area contributed by atoms with E-state index in [0.29, 0.717) is 12.8 Å². The predicted molar refractivity (Wildman–Crippen MR) is 27.3 cm³/mol. The summed E-state index contributed by atoms with van der Waals surface area (Å²) in [7, 11) is 0. The average Bonchev–Trinajstić information content (AvgIpc) is 2.16. The molecular weight excluding hydrogens is 108 g/mol. The minimum absolute atomic E-state index is 0.0481. The van der Waals surface area contributed by atoms with Gasteiger partial charge in [0.15, 0.2) is 0 Å². The summed E-state index contributed by atoms with van der Waals surface area (Å²) in [5.74, 6) is 0. The van der Waals surface area contributed by atoms with Crippen LogP contribution in [0.25, 0.3) is 0 Å². The van der Waals surface area contributed by atoms with Crippen molar-refractivity contribution >= 4 is 0 Å². The van der Waals surface area contributed by atoms with Crippen LogP contribution in [0.5, 0.6) is 0 Å². The molecule has 0 heterocycles. The maximum Gasteiger partial charge on any atom is 0.0954 e. The van der Waals surface area contributed by atoms with Crippen molar-refractivity contribution in [1.82, 2.24) is 0 Å². The van der Waals surface area contributed by atoms with Crippen LogP contribution in [-0.2, 0) is 0 Å². The van der Waals surface area contributed by atoms with Gasteiger partial charge in [-0.3, -0.25) is 0 Å². The molecule has 1 rings (SSSR count). The predicted octanol–water partition coefficient (Wildman–Crippen LogP) is -1.14. The third kappa shape index (κ3) is 0.844. The minimum Gasteiger partial charge on any atom is -0.396 e. The molecule has 0 amide bonds. The molecule has 0 aromatic carbocycles. The lowest BCUT2D eigenvalue weighted by Gasteiger charge is -2.02. The molecule has 0 aromatic heterocycles. The second-order valence-corrected chi connectivity index (χ2v) is 2.30. The maximum absolute atomic E-state index is 8.99. The lowest BCUT2D eigenvalue weighted by molar-refractivity contribution is 0.0618. The van der Waals surface area contributed by atoms with E-state index in [1.807, 2.05) is 0 Å². The van der Waals surface area contributed by atoms with E-state index < -0.39 is 11.7 Å². The van der Waals surface area contributed by atoms with Crippen LogP contribution in [0.2, 0.25) is 0 Å². The third-order valence-electron chi connectivity index (χ3n) is 1.55. The number of aliphatic hydroxyl groups excluding tert-OH is 2. The summed E-state index contributed by atoms with van der Waals surface area (Å²) < 4.78 is 0. The van der Waals surface area contributed by atoms with Crippen molar-refractivity contribution in [2.45, 2.75) is 24.5 Å². The minimum atomic E-state index is -0.936. The fraction of sp³-hybridized carbons (Fsp3) is 1.00. The van der Waals surface area contributed by atoms with Gasteiger partial charge in [-0.25, -0.2) is 0 Å². The highest BCUT2D eigenvalue weighted by atomic mass is 16.4. The van der Waals surface area contributed by atoms with Gasteiger partial charge in [-0.1, -0.05) is 0 Å². The fourth-order valence-electron chi connectivity index (χ4n) is 0.738. The number of aliphatic hydroxyl groups is 3. The Hall–Kier alpha value is -0.120. The molecule has 1 saturated carbocycles. The summed E-state index contributed by atoms with van der Waals surface area (Å²) in [6, 6.07) is 0. The topological polar surface area (TPSA) is 60.7 Å². The van der Waals surface area contributed by atoms with Crippen molar-refractivity contribution in [2.75, 3.05) is 6.61 Å². The first-order valence-electron chi connectivity index (χ1n) is 2.70. The van der Waals surface area contributed by atoms with Crippen molar-refractivity contribution < 1.29 is 15.3 Å². The van der Waals surface area contributed by atoms with Crippen LogP contribution in [0.3, 0.4) is 0 Å². The quantitative estimate of drug-likeness (QED) is 0.429. The molecule has 0 spiro atoms. The highest BCUT2D eigenvalue weighted by Gasteiger charge is 2.51. The first-order chi connectivity index (χ1) is 3.69. The lowest BCUT2D eigenvalue weighted by Crippen LogP contribution is -2.14. The van der Waals surface area contributed by atoms with Gasteiger partial charge >= 0.3 is 0 Å². The summed E-state index contributed by atoms with van der Waals surface area (Å²) in [5.41, 5.74) is -0.936. The molecule has 3 heteroatoms. The van der Waals surface area contributed by atoms with Gasteiger partial charge in [0.05, 0.1) is 11.7 Å². The summed E-state index contributed by atoms with van der Waals surface area (Å²) in [4.78, 5) is 0. The van der Waals surface area contributed by atoms with Gasteiger partial charge < -0.3 is 15.3 Å². The number of hydrogen-bond acceptors (Lipinski definition) is 3. The van der Waals surface area contributed by atoms with Crippen LogP contribution < -0.4 is 0 Å². The monoisotopic (exact) mass is 118 g/mol. The van der Waals surface area contributed by atoms with Gasteiger partial charge in [0, 0.05) is 19.4 Å². The first-order valence-corrected chi connectivity index (χ1v) is 2.70. The van der Waals surface area contributed by atoms with Crippen LogP contribution in [0.1, 0.15) is 12.8 Å². The van der Waals surface area contributed by atoms with E-state index in [1.165, 1.54) is 0 Å². The Morgan fingerprint density at radius 2 is 2.12 bits per heavy atom. The fourth-order valence-corrected chi connectivity index (χ4v) is 0.738. The van der Waals surface area contributed by atoms with E-state index in [2.05, 4.69) is 0 Å². The normalized spacial score (nSPS) is 44.6. The Balaban J connectivity index is 2.25. The summed E-state index contributed by atoms with van der Waals surface area (Å²) in [6.07, 6.45) is 0.136. The van der Waals surface area contributed by atoms with Crippen LogP contribution in [0.15, 0.2) is 0 Å². The Bertz CT molecular complexity index is 93.7. The Morgan fingerprint density at radius 3 is 2.25 bits per heavy atom. The zero-order valence-electron chi connectivity index (χ0n) is 4.54. The SMILES string of the molecule is OCC[C@]1(O)C[C@H]1O. The van der Waals surface area contributed by atoms with Gasteiger partial charge in [0.1, 0.15) is 0 Å². The molecule has 3 nitrogen and oxygen atoms in total. The molecule has 48 valence electrons. The second kappa shape index (κ2) is 1.69. The van der Waals surface area contributed by atoms with Gasteiger partial charge in [-0.15, -0.1) is 0 Å².